The van der Waals surface area contributed by atoms with Gasteiger partial charge in [-0.1, -0.05) is 44.2 Å². The highest BCUT2D eigenvalue weighted by Gasteiger charge is 2.21. The lowest BCUT2D eigenvalue weighted by molar-refractivity contribution is 0.0705. The molecule has 0 bridgehead atoms. The predicted molar refractivity (Wildman–Crippen MR) is 56.2 cm³/mol. The zero-order valence-corrected chi connectivity index (χ0v) is 8.60. The van der Waals surface area contributed by atoms with Crippen LogP contribution < -0.4 is 0 Å². The molecular formula is C12H16O2. The largest absolute Gasteiger partial charge is 0.392 e. The summed E-state index contributed by atoms with van der Waals surface area (Å²) in [5.74, 6) is -0.303. The van der Waals surface area contributed by atoms with E-state index in [0.717, 1.165) is 0 Å². The Bertz CT molecular complexity index is 292. The Hall–Kier alpha value is -1.15. The summed E-state index contributed by atoms with van der Waals surface area (Å²) in [6.45, 7) is 3.64. The van der Waals surface area contributed by atoms with Gasteiger partial charge in [-0.25, -0.2) is 0 Å². The van der Waals surface area contributed by atoms with Crippen molar-refractivity contribution in [2.45, 2.75) is 26.4 Å². The molecule has 1 N–H and O–H groups in total. The van der Waals surface area contributed by atoms with E-state index in [0.29, 0.717) is 12.0 Å². The van der Waals surface area contributed by atoms with Crippen LogP contribution in [0.5, 0.6) is 0 Å². The highest BCUT2D eigenvalue weighted by Crippen LogP contribution is 2.13. The van der Waals surface area contributed by atoms with Crippen molar-refractivity contribution in [3.8, 4) is 0 Å². The molecule has 0 aliphatic rings. The summed E-state index contributed by atoms with van der Waals surface area (Å²) in [7, 11) is 0. The van der Waals surface area contributed by atoms with Crippen LogP contribution in [0.15, 0.2) is 30.3 Å². The van der Waals surface area contributed by atoms with Gasteiger partial charge in [-0.3, -0.25) is 4.79 Å². The molecule has 0 radical (unpaired) electrons. The topological polar surface area (TPSA) is 37.3 Å². The lowest BCUT2D eigenvalue weighted by atomic mass is 9.93. The van der Waals surface area contributed by atoms with Crippen molar-refractivity contribution in [2.24, 2.45) is 5.92 Å². The first kappa shape index (κ1) is 10.9. The van der Waals surface area contributed by atoms with Crippen molar-refractivity contribution < 1.29 is 9.90 Å². The van der Waals surface area contributed by atoms with Gasteiger partial charge in [-0.15, -0.1) is 0 Å². The van der Waals surface area contributed by atoms with E-state index < -0.39 is 6.10 Å². The SMILES string of the molecule is CC[C@@H](O)[C@H](C)C(=O)c1ccccc1. The molecule has 76 valence electrons. The lowest BCUT2D eigenvalue weighted by Crippen LogP contribution is -2.24. The molecular weight excluding hydrogens is 176 g/mol. The molecule has 0 aliphatic heterocycles. The average molecular weight is 192 g/mol. The minimum absolute atomic E-state index is 0.0138. The molecule has 0 saturated carbocycles. The first-order chi connectivity index (χ1) is 6.66. The van der Waals surface area contributed by atoms with Crippen molar-refractivity contribution in [1.82, 2.24) is 0 Å². The number of Topliss-reactive ketones (excluding diaryl/α,β-unsaturated/α-hetero) is 1. The Balaban J connectivity index is 2.76. The van der Waals surface area contributed by atoms with E-state index in [4.69, 9.17) is 0 Å². The molecule has 0 saturated heterocycles. The Morgan fingerprint density at radius 1 is 1.36 bits per heavy atom. The molecule has 1 aromatic carbocycles. The molecule has 2 heteroatoms. The molecule has 0 aromatic heterocycles. The fourth-order valence-electron chi connectivity index (χ4n) is 1.39. The highest BCUT2D eigenvalue weighted by atomic mass is 16.3. The van der Waals surface area contributed by atoms with Gasteiger partial charge < -0.3 is 5.11 Å². The van der Waals surface area contributed by atoms with Gasteiger partial charge in [-0.2, -0.15) is 0 Å². The summed E-state index contributed by atoms with van der Waals surface area (Å²) in [5, 5.41) is 9.54. The Morgan fingerprint density at radius 3 is 2.43 bits per heavy atom. The van der Waals surface area contributed by atoms with Crippen LogP contribution in [0.2, 0.25) is 0 Å². The molecule has 1 aromatic rings. The molecule has 0 heterocycles. The summed E-state index contributed by atoms with van der Waals surface area (Å²) in [6, 6.07) is 9.09. The van der Waals surface area contributed by atoms with Gasteiger partial charge in [0.1, 0.15) is 0 Å². The van der Waals surface area contributed by atoms with E-state index in [-0.39, 0.29) is 11.7 Å². The Morgan fingerprint density at radius 2 is 1.93 bits per heavy atom. The van der Waals surface area contributed by atoms with Crippen LogP contribution in [0.3, 0.4) is 0 Å². The van der Waals surface area contributed by atoms with E-state index in [1.165, 1.54) is 0 Å². The minimum Gasteiger partial charge on any atom is -0.392 e. The number of aliphatic hydroxyl groups is 1. The van der Waals surface area contributed by atoms with Crippen LogP contribution in [-0.2, 0) is 0 Å². The van der Waals surface area contributed by atoms with E-state index in [2.05, 4.69) is 0 Å². The lowest BCUT2D eigenvalue weighted by Gasteiger charge is -2.15. The predicted octanol–water partition coefficient (Wildman–Crippen LogP) is 2.28. The molecule has 2 nitrogen and oxygen atoms in total. The zero-order valence-electron chi connectivity index (χ0n) is 8.60. The number of hydrogen-bond acceptors (Lipinski definition) is 2. The Kier molecular flexibility index (Phi) is 3.84. The second kappa shape index (κ2) is 4.91. The monoisotopic (exact) mass is 192 g/mol. The van der Waals surface area contributed by atoms with Gasteiger partial charge in [0, 0.05) is 11.5 Å². The third-order valence-corrected chi connectivity index (χ3v) is 2.47. The molecule has 1 rings (SSSR count). The average Bonchev–Trinajstić information content (AvgIpc) is 2.27. The van der Waals surface area contributed by atoms with Gasteiger partial charge in [0.2, 0.25) is 0 Å². The van der Waals surface area contributed by atoms with Crippen molar-refractivity contribution in [3.63, 3.8) is 0 Å². The number of hydrogen-bond donors (Lipinski definition) is 1. The summed E-state index contributed by atoms with van der Waals surface area (Å²) in [4.78, 5) is 11.8. The maximum Gasteiger partial charge on any atom is 0.168 e. The molecule has 2 atom stereocenters. The van der Waals surface area contributed by atoms with Crippen molar-refractivity contribution in [3.05, 3.63) is 35.9 Å². The van der Waals surface area contributed by atoms with Crippen molar-refractivity contribution in [1.29, 1.82) is 0 Å². The maximum absolute atomic E-state index is 11.8. The number of carbonyl (C=O) groups is 1. The number of ketones is 1. The fraction of sp³-hybridized carbons (Fsp3) is 0.417. The fourth-order valence-corrected chi connectivity index (χ4v) is 1.39. The van der Waals surface area contributed by atoms with E-state index >= 15 is 0 Å². The second-order valence-corrected chi connectivity index (χ2v) is 3.49. The molecule has 14 heavy (non-hydrogen) atoms. The van der Waals surface area contributed by atoms with Crippen LogP contribution in [0.4, 0.5) is 0 Å². The number of aliphatic hydroxyl groups excluding tert-OH is 1. The van der Waals surface area contributed by atoms with Gasteiger partial charge in [0.15, 0.2) is 5.78 Å². The van der Waals surface area contributed by atoms with E-state index in [1.54, 1.807) is 19.1 Å². The smallest absolute Gasteiger partial charge is 0.168 e. The third-order valence-electron chi connectivity index (χ3n) is 2.47. The summed E-state index contributed by atoms with van der Waals surface area (Å²) < 4.78 is 0. The van der Waals surface area contributed by atoms with E-state index in [1.807, 2.05) is 25.1 Å². The van der Waals surface area contributed by atoms with Gasteiger partial charge in [-0.05, 0) is 6.42 Å². The van der Waals surface area contributed by atoms with Crippen LogP contribution >= 0.6 is 0 Å². The molecule has 0 aliphatic carbocycles. The standard InChI is InChI=1S/C12H16O2/c1-3-11(13)9(2)12(14)10-7-5-4-6-8-10/h4-9,11,13H,3H2,1-2H3/t9-,11+/m0/s1. The van der Waals surface area contributed by atoms with Crippen molar-refractivity contribution >= 4 is 5.78 Å². The quantitative estimate of drug-likeness (QED) is 0.743. The van der Waals surface area contributed by atoms with Crippen LogP contribution in [0.25, 0.3) is 0 Å². The third kappa shape index (κ3) is 2.42. The second-order valence-electron chi connectivity index (χ2n) is 3.49. The normalized spacial score (nSPS) is 14.8. The van der Waals surface area contributed by atoms with Crippen LogP contribution in [0.1, 0.15) is 30.6 Å². The summed E-state index contributed by atoms with van der Waals surface area (Å²) in [5.41, 5.74) is 0.674. The van der Waals surface area contributed by atoms with Crippen LogP contribution in [-0.4, -0.2) is 17.0 Å². The zero-order chi connectivity index (χ0) is 10.6. The maximum atomic E-state index is 11.8. The van der Waals surface area contributed by atoms with Gasteiger partial charge in [0.25, 0.3) is 0 Å². The summed E-state index contributed by atoms with van der Waals surface area (Å²) in [6.07, 6.45) is 0.0717. The first-order valence-corrected chi connectivity index (χ1v) is 4.94. The van der Waals surface area contributed by atoms with Crippen LogP contribution in [0, 0.1) is 5.92 Å². The number of carbonyl (C=O) groups excluding carboxylic acids is 1. The molecule has 0 unspecified atom stereocenters. The first-order valence-electron chi connectivity index (χ1n) is 4.94. The number of benzene rings is 1. The van der Waals surface area contributed by atoms with Gasteiger partial charge in [0.05, 0.1) is 6.10 Å². The van der Waals surface area contributed by atoms with Crippen molar-refractivity contribution in [2.75, 3.05) is 0 Å². The minimum atomic E-state index is -0.539. The molecule has 0 amide bonds. The summed E-state index contributed by atoms with van der Waals surface area (Å²) >= 11 is 0. The Labute approximate surface area is 84.6 Å². The number of rotatable bonds is 4. The molecule has 0 fully saturated rings. The van der Waals surface area contributed by atoms with Gasteiger partial charge >= 0.3 is 0 Å². The highest BCUT2D eigenvalue weighted by molar-refractivity contribution is 5.97. The van der Waals surface area contributed by atoms with E-state index in [9.17, 15) is 9.90 Å². The molecule has 0 spiro atoms.